The van der Waals surface area contributed by atoms with Crippen molar-refractivity contribution in [2.45, 2.75) is 32.7 Å². The molecular weight excluding hydrogens is 346 g/mol. The molecule has 2 amide bonds. The summed E-state index contributed by atoms with van der Waals surface area (Å²) >= 11 is 1.39. The van der Waals surface area contributed by atoms with Gasteiger partial charge in [-0.15, -0.1) is 23.7 Å². The summed E-state index contributed by atoms with van der Waals surface area (Å²) in [6, 6.07) is 3.18. The number of likely N-dealkylation sites (tertiary alicyclic amines) is 1. The fourth-order valence-corrected chi connectivity index (χ4v) is 3.60. The van der Waals surface area contributed by atoms with Crippen molar-refractivity contribution in [2.75, 3.05) is 26.7 Å². The lowest BCUT2D eigenvalue weighted by atomic mass is 9.95. The number of hydrogen-bond donors (Lipinski definition) is 2. The Bertz CT molecular complexity index is 514. The van der Waals surface area contributed by atoms with E-state index >= 15 is 0 Å². The molecule has 2 N–H and O–H groups in total. The monoisotopic (exact) mass is 373 g/mol. The minimum absolute atomic E-state index is 0. The van der Waals surface area contributed by atoms with Crippen LogP contribution in [0.4, 0.5) is 0 Å². The maximum atomic E-state index is 12.8. The molecule has 24 heavy (non-hydrogen) atoms. The molecule has 0 radical (unpaired) electrons. The quantitative estimate of drug-likeness (QED) is 0.804. The van der Waals surface area contributed by atoms with Crippen LogP contribution >= 0.6 is 23.7 Å². The van der Waals surface area contributed by atoms with Crippen LogP contribution in [-0.4, -0.2) is 49.4 Å². The molecule has 136 valence electrons. The minimum Gasteiger partial charge on any atom is -0.341 e. The topological polar surface area (TPSA) is 61.4 Å². The van der Waals surface area contributed by atoms with E-state index in [1.165, 1.54) is 11.3 Å². The average molecular weight is 374 g/mol. The van der Waals surface area contributed by atoms with Crippen LogP contribution in [0.15, 0.2) is 17.5 Å². The van der Waals surface area contributed by atoms with E-state index in [4.69, 9.17) is 0 Å². The number of amides is 2. The zero-order chi connectivity index (χ0) is 16.8. The highest BCUT2D eigenvalue weighted by atomic mass is 35.5. The van der Waals surface area contributed by atoms with Gasteiger partial charge in [0.15, 0.2) is 0 Å². The van der Waals surface area contributed by atoms with E-state index in [0.717, 1.165) is 32.5 Å². The third-order valence-electron chi connectivity index (χ3n) is 4.38. The minimum atomic E-state index is -0.453. The van der Waals surface area contributed by atoms with Gasteiger partial charge in [-0.05, 0) is 49.7 Å². The van der Waals surface area contributed by atoms with Gasteiger partial charge in [-0.1, -0.05) is 19.9 Å². The van der Waals surface area contributed by atoms with Crippen LogP contribution in [0.5, 0.6) is 0 Å². The van der Waals surface area contributed by atoms with Crippen LogP contribution < -0.4 is 10.6 Å². The van der Waals surface area contributed by atoms with E-state index in [-0.39, 0.29) is 30.1 Å². The molecule has 1 aliphatic rings. The molecular formula is C17H28ClN3O2S. The molecule has 1 fully saturated rings. The predicted molar refractivity (Wildman–Crippen MR) is 101 cm³/mol. The van der Waals surface area contributed by atoms with Gasteiger partial charge >= 0.3 is 0 Å². The van der Waals surface area contributed by atoms with Gasteiger partial charge in [0.2, 0.25) is 5.91 Å². The molecule has 1 unspecified atom stereocenters. The second kappa shape index (κ2) is 10.0. The number of hydrogen-bond acceptors (Lipinski definition) is 4. The first-order valence-electron chi connectivity index (χ1n) is 8.30. The number of carbonyl (C=O) groups excluding carboxylic acids is 2. The lowest BCUT2D eigenvalue weighted by molar-refractivity contribution is -0.135. The van der Waals surface area contributed by atoms with Crippen molar-refractivity contribution in [1.82, 2.24) is 15.5 Å². The summed E-state index contributed by atoms with van der Waals surface area (Å²) < 4.78 is 0. The molecule has 1 aliphatic heterocycles. The number of halogens is 1. The highest BCUT2D eigenvalue weighted by Gasteiger charge is 2.31. The molecule has 1 atom stereocenters. The second-order valence-electron chi connectivity index (χ2n) is 6.50. The van der Waals surface area contributed by atoms with E-state index in [2.05, 4.69) is 10.6 Å². The summed E-state index contributed by atoms with van der Waals surface area (Å²) in [4.78, 5) is 27.6. The first-order chi connectivity index (χ1) is 11.0. The number of thiophene rings is 1. The molecule has 1 aromatic rings. The van der Waals surface area contributed by atoms with Gasteiger partial charge in [0.1, 0.15) is 6.04 Å². The van der Waals surface area contributed by atoms with Gasteiger partial charge < -0.3 is 15.5 Å². The van der Waals surface area contributed by atoms with Gasteiger partial charge in [0, 0.05) is 13.1 Å². The molecule has 1 saturated heterocycles. The van der Waals surface area contributed by atoms with E-state index in [0.29, 0.717) is 10.8 Å². The third-order valence-corrected chi connectivity index (χ3v) is 5.25. The summed E-state index contributed by atoms with van der Waals surface area (Å²) in [6.45, 7) is 6.52. The Morgan fingerprint density at radius 1 is 1.33 bits per heavy atom. The van der Waals surface area contributed by atoms with Crippen molar-refractivity contribution in [3.63, 3.8) is 0 Å². The van der Waals surface area contributed by atoms with Gasteiger partial charge in [-0.2, -0.15) is 0 Å². The molecule has 7 heteroatoms. The Kier molecular flexibility index (Phi) is 8.73. The Morgan fingerprint density at radius 3 is 2.50 bits per heavy atom. The molecule has 0 aliphatic carbocycles. The number of rotatable bonds is 6. The van der Waals surface area contributed by atoms with Crippen LogP contribution in [0.3, 0.4) is 0 Å². The van der Waals surface area contributed by atoms with Crippen LogP contribution in [0.25, 0.3) is 0 Å². The zero-order valence-corrected chi connectivity index (χ0v) is 16.2. The van der Waals surface area contributed by atoms with E-state index in [1.807, 2.05) is 37.2 Å². The molecule has 5 nitrogen and oxygen atoms in total. The van der Waals surface area contributed by atoms with Crippen molar-refractivity contribution >= 4 is 35.6 Å². The first-order valence-corrected chi connectivity index (χ1v) is 9.18. The number of nitrogens with one attached hydrogen (secondary N) is 2. The summed E-state index contributed by atoms with van der Waals surface area (Å²) in [5, 5.41) is 7.99. The molecule has 2 rings (SSSR count). The zero-order valence-electron chi connectivity index (χ0n) is 14.6. The fourth-order valence-electron chi connectivity index (χ4n) is 2.98. The van der Waals surface area contributed by atoms with E-state index in [1.54, 1.807) is 6.07 Å². The number of piperidine rings is 1. The maximum absolute atomic E-state index is 12.8. The number of carbonyl (C=O) groups is 2. The van der Waals surface area contributed by atoms with E-state index < -0.39 is 6.04 Å². The third kappa shape index (κ3) is 5.46. The fraction of sp³-hybridized carbons (Fsp3) is 0.647. The van der Waals surface area contributed by atoms with Crippen molar-refractivity contribution in [2.24, 2.45) is 11.8 Å². The standard InChI is InChI=1S/C17H27N3O2S.ClH/c1-12(2)15(19-16(21)14-5-4-10-23-14)17(22)20-8-6-13(7-9-20)11-18-3;/h4-5,10,12-13,15,18H,6-9,11H2,1-3H3,(H,19,21);1H. The Balaban J connectivity index is 0.00000288. The largest absolute Gasteiger partial charge is 0.341 e. The molecule has 1 aromatic heterocycles. The average Bonchev–Trinajstić information content (AvgIpc) is 3.07. The summed E-state index contributed by atoms with van der Waals surface area (Å²) in [6.07, 6.45) is 2.05. The molecule has 0 aromatic carbocycles. The smallest absolute Gasteiger partial charge is 0.262 e. The second-order valence-corrected chi connectivity index (χ2v) is 7.45. The lowest BCUT2D eigenvalue weighted by Gasteiger charge is -2.35. The molecule has 2 heterocycles. The Labute approximate surface area is 154 Å². The summed E-state index contributed by atoms with van der Waals surface area (Å²) in [5.41, 5.74) is 0. The van der Waals surface area contributed by atoms with Gasteiger partial charge in [0.05, 0.1) is 4.88 Å². The van der Waals surface area contributed by atoms with Crippen LogP contribution in [0.1, 0.15) is 36.4 Å². The lowest BCUT2D eigenvalue weighted by Crippen LogP contribution is -2.53. The highest BCUT2D eigenvalue weighted by Crippen LogP contribution is 2.19. The molecule has 0 bridgehead atoms. The van der Waals surface area contributed by atoms with Crippen molar-refractivity contribution in [1.29, 1.82) is 0 Å². The van der Waals surface area contributed by atoms with Crippen molar-refractivity contribution in [3.05, 3.63) is 22.4 Å². The molecule has 0 spiro atoms. The van der Waals surface area contributed by atoms with Crippen molar-refractivity contribution < 1.29 is 9.59 Å². The van der Waals surface area contributed by atoms with Crippen LogP contribution in [0.2, 0.25) is 0 Å². The van der Waals surface area contributed by atoms with E-state index in [9.17, 15) is 9.59 Å². The number of nitrogens with zero attached hydrogens (tertiary/aromatic N) is 1. The first kappa shape index (κ1) is 20.9. The Morgan fingerprint density at radius 2 is 2.00 bits per heavy atom. The highest BCUT2D eigenvalue weighted by molar-refractivity contribution is 7.12. The molecule has 0 saturated carbocycles. The predicted octanol–water partition coefficient (Wildman–Crippen LogP) is 2.38. The van der Waals surface area contributed by atoms with Gasteiger partial charge in [0.25, 0.3) is 5.91 Å². The van der Waals surface area contributed by atoms with Gasteiger partial charge in [-0.25, -0.2) is 0 Å². The summed E-state index contributed by atoms with van der Waals surface area (Å²) in [5.74, 6) is 0.605. The Hall–Kier alpha value is -1.11. The SMILES string of the molecule is CNCC1CCN(C(=O)C(NC(=O)c2cccs2)C(C)C)CC1.Cl. The van der Waals surface area contributed by atoms with Crippen molar-refractivity contribution in [3.8, 4) is 0 Å². The van der Waals surface area contributed by atoms with Gasteiger partial charge in [-0.3, -0.25) is 9.59 Å². The maximum Gasteiger partial charge on any atom is 0.262 e. The summed E-state index contributed by atoms with van der Waals surface area (Å²) in [7, 11) is 1.96. The normalized spacial score (nSPS) is 16.6. The van der Waals surface area contributed by atoms with Crippen LogP contribution in [0, 0.1) is 11.8 Å². The van der Waals surface area contributed by atoms with Crippen LogP contribution in [-0.2, 0) is 4.79 Å².